The molecule has 23 heavy (non-hydrogen) atoms. The van der Waals surface area contributed by atoms with Crippen molar-refractivity contribution in [2.75, 3.05) is 0 Å². The topological polar surface area (TPSA) is 64.2 Å². The Hall–Kier alpha value is -2.60. The molecule has 1 amide bonds. The lowest BCUT2D eigenvalue weighted by Gasteiger charge is -2.05. The molecule has 0 atom stereocenters. The number of nitrogens with one attached hydrogen (secondary N) is 1. The average molecular weight is 328 g/mol. The fraction of sp³-hybridized carbons (Fsp3) is 0.176. The molecule has 5 nitrogen and oxygen atoms in total. The molecule has 0 aliphatic carbocycles. The summed E-state index contributed by atoms with van der Waals surface area (Å²) in [4.78, 5) is 25.3. The van der Waals surface area contributed by atoms with E-state index in [1.165, 1.54) is 0 Å². The van der Waals surface area contributed by atoms with Crippen molar-refractivity contribution in [3.63, 3.8) is 0 Å². The first-order valence-electron chi connectivity index (χ1n) is 7.21. The average Bonchev–Trinajstić information content (AvgIpc) is 3.17. The van der Waals surface area contributed by atoms with Crippen LogP contribution in [-0.2, 0) is 13.0 Å². The van der Waals surface area contributed by atoms with Crippen molar-refractivity contribution < 1.29 is 9.32 Å². The summed E-state index contributed by atoms with van der Waals surface area (Å²) in [5, 5.41) is 4.69. The zero-order chi connectivity index (χ0) is 16.2. The molecule has 0 bridgehead atoms. The van der Waals surface area contributed by atoms with Gasteiger partial charge in [0.1, 0.15) is 0 Å². The van der Waals surface area contributed by atoms with E-state index >= 15 is 0 Å². The predicted octanol–water partition coefficient (Wildman–Crippen LogP) is 3.16. The van der Waals surface area contributed by atoms with Gasteiger partial charge in [-0.15, -0.1) is 16.1 Å². The minimum Gasteiger partial charge on any atom is -0.330 e. The third-order valence-corrected chi connectivity index (χ3v) is 4.44. The number of hydrogen-bond acceptors (Lipinski definition) is 4. The zero-order valence-corrected chi connectivity index (χ0v) is 13.4. The van der Waals surface area contributed by atoms with Crippen molar-refractivity contribution in [1.29, 1.82) is 0 Å². The zero-order valence-electron chi connectivity index (χ0n) is 12.6. The maximum atomic E-state index is 12.2. The van der Waals surface area contributed by atoms with Crippen molar-refractivity contribution in [2.24, 2.45) is 0 Å². The summed E-state index contributed by atoms with van der Waals surface area (Å²) in [6, 6.07) is 13.0. The van der Waals surface area contributed by atoms with E-state index in [4.69, 9.17) is 4.52 Å². The molecule has 0 saturated heterocycles. The van der Waals surface area contributed by atoms with Crippen LogP contribution in [0, 0.1) is 6.92 Å². The van der Waals surface area contributed by atoms with E-state index in [1.54, 1.807) is 18.3 Å². The van der Waals surface area contributed by atoms with Crippen molar-refractivity contribution >= 4 is 17.4 Å². The number of hydrogen-bond donors (Lipinski definition) is 1. The van der Waals surface area contributed by atoms with Crippen molar-refractivity contribution in [1.82, 2.24) is 10.1 Å². The highest BCUT2D eigenvalue weighted by atomic mass is 32.1. The third-order valence-electron chi connectivity index (χ3n) is 3.56. The van der Waals surface area contributed by atoms with Gasteiger partial charge in [-0.2, -0.15) is 0 Å². The lowest BCUT2D eigenvalue weighted by atomic mass is 10.1. The fourth-order valence-electron chi connectivity index (χ4n) is 2.32. The number of amides is 1. The molecule has 0 radical (unpaired) electrons. The standard InChI is InChI=1S/C17H16N2O3S/c1-12-15(10-13-6-3-2-4-7-13)16(20)22-19(12)17(21)18-11-14-8-5-9-23-14/h2-9H,10-11H2,1H3,(H,18,21). The molecule has 0 spiro atoms. The van der Waals surface area contributed by atoms with Crippen LogP contribution >= 0.6 is 11.3 Å². The molecule has 0 unspecified atom stereocenters. The molecule has 2 aromatic heterocycles. The molecule has 0 aliphatic rings. The maximum absolute atomic E-state index is 12.2. The van der Waals surface area contributed by atoms with Gasteiger partial charge in [0.15, 0.2) is 0 Å². The summed E-state index contributed by atoms with van der Waals surface area (Å²) in [6.07, 6.45) is 0.445. The molecule has 3 rings (SSSR count). The molecule has 3 aromatic rings. The van der Waals surface area contributed by atoms with Crippen molar-refractivity contribution in [3.05, 3.63) is 80.0 Å². The smallest absolute Gasteiger partial charge is 0.330 e. The van der Waals surface area contributed by atoms with Crippen molar-refractivity contribution in [3.8, 4) is 0 Å². The lowest BCUT2D eigenvalue weighted by Crippen LogP contribution is -2.28. The number of benzene rings is 1. The molecular weight excluding hydrogens is 312 g/mol. The minimum absolute atomic E-state index is 0.409. The number of carbonyl (C=O) groups is 1. The Labute approximate surface area is 137 Å². The minimum atomic E-state index is -0.474. The van der Waals surface area contributed by atoms with Crippen LogP contribution in [0.5, 0.6) is 0 Å². The number of nitrogens with zero attached hydrogens (tertiary/aromatic N) is 1. The van der Waals surface area contributed by atoms with E-state index in [0.29, 0.717) is 24.2 Å². The number of thiophene rings is 1. The molecule has 0 fully saturated rings. The van der Waals surface area contributed by atoms with E-state index < -0.39 is 11.7 Å². The van der Waals surface area contributed by atoms with Gasteiger partial charge < -0.3 is 9.84 Å². The second-order valence-corrected chi connectivity index (χ2v) is 6.17. The molecule has 0 aliphatic heterocycles. The van der Waals surface area contributed by atoms with Crippen LogP contribution in [0.4, 0.5) is 4.79 Å². The summed E-state index contributed by atoms with van der Waals surface area (Å²) in [5.74, 6) is 0. The van der Waals surface area contributed by atoms with Crippen LogP contribution in [0.2, 0.25) is 0 Å². The molecule has 2 heterocycles. The van der Waals surface area contributed by atoms with E-state index in [2.05, 4.69) is 5.32 Å². The molecule has 1 aromatic carbocycles. The summed E-state index contributed by atoms with van der Waals surface area (Å²) in [7, 11) is 0. The second-order valence-electron chi connectivity index (χ2n) is 5.14. The number of carbonyl (C=O) groups excluding carboxylic acids is 1. The molecule has 1 N–H and O–H groups in total. The van der Waals surface area contributed by atoms with Crippen LogP contribution < -0.4 is 10.9 Å². The molecule has 0 saturated carbocycles. The first kappa shape index (κ1) is 15.3. The van der Waals surface area contributed by atoms with Crippen LogP contribution in [0.25, 0.3) is 0 Å². The SMILES string of the molecule is Cc1c(Cc2ccccc2)c(=O)on1C(=O)NCc1cccs1. The quantitative estimate of drug-likeness (QED) is 0.800. The van der Waals surface area contributed by atoms with Gasteiger partial charge >= 0.3 is 11.7 Å². The third kappa shape index (κ3) is 3.43. The van der Waals surface area contributed by atoms with Gasteiger partial charge in [0.05, 0.1) is 17.8 Å². The van der Waals surface area contributed by atoms with Gasteiger partial charge in [0, 0.05) is 11.3 Å². The van der Waals surface area contributed by atoms with E-state index in [0.717, 1.165) is 15.2 Å². The predicted molar refractivity (Wildman–Crippen MR) is 88.9 cm³/mol. The van der Waals surface area contributed by atoms with Crippen LogP contribution in [0.1, 0.15) is 21.7 Å². The fourth-order valence-corrected chi connectivity index (χ4v) is 2.96. The first-order chi connectivity index (χ1) is 11.1. The number of aromatic nitrogens is 1. The summed E-state index contributed by atoms with van der Waals surface area (Å²) in [6.45, 7) is 2.12. The maximum Gasteiger partial charge on any atom is 0.362 e. The Kier molecular flexibility index (Phi) is 4.43. The summed E-state index contributed by atoms with van der Waals surface area (Å²) < 4.78 is 6.14. The Morgan fingerprint density at radius 3 is 2.70 bits per heavy atom. The highest BCUT2D eigenvalue weighted by Gasteiger charge is 2.18. The molecular formula is C17H16N2O3S. The van der Waals surface area contributed by atoms with Gasteiger partial charge in [0.25, 0.3) is 0 Å². The monoisotopic (exact) mass is 328 g/mol. The van der Waals surface area contributed by atoms with Gasteiger partial charge in [0.2, 0.25) is 0 Å². The highest BCUT2D eigenvalue weighted by molar-refractivity contribution is 7.09. The Balaban J connectivity index is 1.77. The Morgan fingerprint density at radius 1 is 1.22 bits per heavy atom. The normalized spacial score (nSPS) is 10.7. The van der Waals surface area contributed by atoms with Crippen molar-refractivity contribution in [2.45, 2.75) is 19.9 Å². The Bertz CT molecular complexity index is 848. The van der Waals surface area contributed by atoms with E-state index in [9.17, 15) is 9.59 Å². The van der Waals surface area contributed by atoms with Gasteiger partial charge in [-0.05, 0) is 23.9 Å². The Morgan fingerprint density at radius 2 is 2.00 bits per heavy atom. The first-order valence-corrected chi connectivity index (χ1v) is 8.09. The highest BCUT2D eigenvalue weighted by Crippen LogP contribution is 2.12. The summed E-state index contributed by atoms with van der Waals surface area (Å²) >= 11 is 1.56. The molecule has 6 heteroatoms. The van der Waals surface area contributed by atoms with Gasteiger partial charge in [-0.1, -0.05) is 36.4 Å². The van der Waals surface area contributed by atoms with E-state index in [1.807, 2.05) is 47.8 Å². The van der Waals surface area contributed by atoms with Crippen LogP contribution in [-0.4, -0.2) is 10.8 Å². The summed E-state index contributed by atoms with van der Waals surface area (Å²) in [5.41, 5.74) is 1.56. The van der Waals surface area contributed by atoms with E-state index in [-0.39, 0.29) is 0 Å². The largest absolute Gasteiger partial charge is 0.362 e. The lowest BCUT2D eigenvalue weighted by molar-refractivity contribution is 0.205. The second kappa shape index (κ2) is 6.66. The van der Waals surface area contributed by atoms with Crippen LogP contribution in [0.15, 0.2) is 57.2 Å². The van der Waals surface area contributed by atoms with Crippen LogP contribution in [0.3, 0.4) is 0 Å². The molecule has 118 valence electrons. The van der Waals surface area contributed by atoms with Gasteiger partial charge in [-0.3, -0.25) is 0 Å². The van der Waals surface area contributed by atoms with Gasteiger partial charge in [-0.25, -0.2) is 9.59 Å². The number of rotatable bonds is 4.